The van der Waals surface area contributed by atoms with Crippen LogP contribution in [-0.2, 0) is 5.41 Å². The summed E-state index contributed by atoms with van der Waals surface area (Å²) in [5, 5.41) is 0. The average molecular weight is 323 g/mol. The van der Waals surface area contributed by atoms with E-state index in [4.69, 9.17) is 9.47 Å². The molecule has 3 nitrogen and oxygen atoms in total. The van der Waals surface area contributed by atoms with Crippen LogP contribution in [0.4, 0.5) is 5.69 Å². The first-order valence-corrected chi connectivity index (χ1v) is 8.21. The molecule has 2 aromatic rings. The fraction of sp³-hybridized carbons (Fsp3) is 0.333. The zero-order chi connectivity index (χ0) is 17.3. The molecule has 1 unspecified atom stereocenters. The summed E-state index contributed by atoms with van der Waals surface area (Å²) in [6, 6.07) is 14.8. The topological polar surface area (TPSA) is 21.7 Å². The van der Waals surface area contributed by atoms with Crippen molar-refractivity contribution in [2.24, 2.45) is 0 Å². The van der Waals surface area contributed by atoms with Gasteiger partial charge in [0.25, 0.3) is 0 Å². The van der Waals surface area contributed by atoms with E-state index < -0.39 is 0 Å². The van der Waals surface area contributed by atoms with E-state index in [1.807, 2.05) is 18.2 Å². The number of hydrogen-bond donors (Lipinski definition) is 0. The molecule has 0 aromatic heterocycles. The minimum Gasteiger partial charge on any atom is -0.497 e. The highest BCUT2D eigenvalue weighted by Crippen LogP contribution is 2.44. The number of nitrogens with zero attached hydrogens (tertiary/aromatic N) is 1. The van der Waals surface area contributed by atoms with Gasteiger partial charge in [-0.3, -0.25) is 0 Å². The SMILES string of the molecule is COc1ccc(C=CC2N(C)c3ccccc3C2(C)C)c(OC)c1. The normalized spacial score (nSPS) is 18.7. The number of methoxy groups -OCH3 is 2. The monoisotopic (exact) mass is 323 g/mol. The predicted octanol–water partition coefficient (Wildman–Crippen LogP) is 4.51. The van der Waals surface area contributed by atoms with Crippen LogP contribution in [0.1, 0.15) is 25.0 Å². The molecule has 3 heteroatoms. The van der Waals surface area contributed by atoms with Crippen molar-refractivity contribution in [3.8, 4) is 11.5 Å². The summed E-state index contributed by atoms with van der Waals surface area (Å²) >= 11 is 0. The standard InChI is InChI=1S/C21H25NO2/c1-21(2)17-8-6-7-9-18(17)22(3)20(21)13-11-15-10-12-16(23-4)14-19(15)24-5/h6-14,20H,1-5H3. The summed E-state index contributed by atoms with van der Waals surface area (Å²) in [6.45, 7) is 4.60. The van der Waals surface area contributed by atoms with Crippen LogP contribution in [0, 0.1) is 0 Å². The number of likely N-dealkylation sites (N-methyl/N-ethyl adjacent to an activating group) is 1. The van der Waals surface area contributed by atoms with E-state index in [1.54, 1.807) is 14.2 Å². The van der Waals surface area contributed by atoms with Gasteiger partial charge in [0.15, 0.2) is 0 Å². The highest BCUT2D eigenvalue weighted by molar-refractivity contribution is 5.67. The van der Waals surface area contributed by atoms with E-state index in [1.165, 1.54) is 11.3 Å². The van der Waals surface area contributed by atoms with E-state index in [2.05, 4.69) is 62.2 Å². The Morgan fingerprint density at radius 2 is 1.79 bits per heavy atom. The van der Waals surface area contributed by atoms with Gasteiger partial charge in [-0.1, -0.05) is 44.2 Å². The Hall–Kier alpha value is -2.42. The van der Waals surface area contributed by atoms with E-state index in [9.17, 15) is 0 Å². The van der Waals surface area contributed by atoms with Gasteiger partial charge in [-0.15, -0.1) is 0 Å². The van der Waals surface area contributed by atoms with E-state index in [0.29, 0.717) is 6.04 Å². The van der Waals surface area contributed by atoms with Gasteiger partial charge in [0.05, 0.1) is 20.3 Å². The maximum atomic E-state index is 5.50. The molecule has 24 heavy (non-hydrogen) atoms. The molecule has 1 heterocycles. The smallest absolute Gasteiger partial charge is 0.129 e. The Morgan fingerprint density at radius 1 is 1.04 bits per heavy atom. The molecular weight excluding hydrogens is 298 g/mol. The number of para-hydroxylation sites is 1. The summed E-state index contributed by atoms with van der Waals surface area (Å²) in [5.74, 6) is 1.62. The van der Waals surface area contributed by atoms with Crippen LogP contribution in [0.2, 0.25) is 0 Å². The molecule has 1 aliphatic rings. The van der Waals surface area contributed by atoms with Crippen LogP contribution in [0.15, 0.2) is 48.5 Å². The lowest BCUT2D eigenvalue weighted by atomic mass is 9.80. The van der Waals surface area contributed by atoms with Gasteiger partial charge >= 0.3 is 0 Å². The van der Waals surface area contributed by atoms with Crippen molar-refractivity contribution in [3.63, 3.8) is 0 Å². The molecule has 0 fully saturated rings. The number of hydrogen-bond acceptors (Lipinski definition) is 3. The predicted molar refractivity (Wildman–Crippen MR) is 100 cm³/mol. The van der Waals surface area contributed by atoms with Gasteiger partial charge in [0, 0.05) is 29.8 Å². The minimum absolute atomic E-state index is 0.0571. The van der Waals surface area contributed by atoms with Crippen LogP contribution in [0.5, 0.6) is 11.5 Å². The van der Waals surface area contributed by atoms with E-state index >= 15 is 0 Å². The fourth-order valence-corrected chi connectivity index (χ4v) is 3.64. The first-order valence-electron chi connectivity index (χ1n) is 8.21. The number of rotatable bonds is 4. The molecule has 0 aliphatic carbocycles. The fourth-order valence-electron chi connectivity index (χ4n) is 3.64. The molecule has 0 amide bonds. The molecule has 0 N–H and O–H groups in total. The second-order valence-corrected chi connectivity index (χ2v) is 6.76. The van der Waals surface area contributed by atoms with Crippen molar-refractivity contribution in [1.29, 1.82) is 0 Å². The van der Waals surface area contributed by atoms with Gasteiger partial charge in [-0.2, -0.15) is 0 Å². The largest absolute Gasteiger partial charge is 0.497 e. The zero-order valence-electron chi connectivity index (χ0n) is 15.0. The maximum Gasteiger partial charge on any atom is 0.129 e. The lowest BCUT2D eigenvalue weighted by molar-refractivity contribution is 0.393. The second kappa shape index (κ2) is 6.23. The first kappa shape index (κ1) is 16.4. The van der Waals surface area contributed by atoms with Crippen LogP contribution in [0.25, 0.3) is 6.08 Å². The molecule has 126 valence electrons. The summed E-state index contributed by atoms with van der Waals surface area (Å²) < 4.78 is 10.8. The molecule has 0 radical (unpaired) electrons. The van der Waals surface area contributed by atoms with Gasteiger partial charge in [-0.05, 0) is 23.8 Å². The molecule has 3 rings (SSSR count). The first-order chi connectivity index (χ1) is 11.5. The van der Waals surface area contributed by atoms with Crippen LogP contribution in [-0.4, -0.2) is 27.3 Å². The Balaban J connectivity index is 1.93. The van der Waals surface area contributed by atoms with Gasteiger partial charge in [0.1, 0.15) is 11.5 Å². The van der Waals surface area contributed by atoms with Crippen LogP contribution < -0.4 is 14.4 Å². The minimum atomic E-state index is 0.0571. The lowest BCUT2D eigenvalue weighted by Crippen LogP contribution is -2.37. The molecule has 1 atom stereocenters. The van der Waals surface area contributed by atoms with Crippen molar-refractivity contribution in [2.75, 3.05) is 26.2 Å². The molecule has 0 saturated heterocycles. The van der Waals surface area contributed by atoms with Gasteiger partial charge in [-0.25, -0.2) is 0 Å². The summed E-state index contributed by atoms with van der Waals surface area (Å²) in [5.41, 5.74) is 3.81. The molecule has 1 aliphatic heterocycles. The Kier molecular flexibility index (Phi) is 4.27. The maximum absolute atomic E-state index is 5.50. The zero-order valence-corrected chi connectivity index (χ0v) is 15.0. The van der Waals surface area contributed by atoms with E-state index in [0.717, 1.165) is 17.1 Å². The average Bonchev–Trinajstić information content (AvgIpc) is 2.80. The summed E-state index contributed by atoms with van der Waals surface area (Å²) in [6.07, 6.45) is 4.41. The highest BCUT2D eigenvalue weighted by Gasteiger charge is 2.41. The van der Waals surface area contributed by atoms with Crippen molar-refractivity contribution < 1.29 is 9.47 Å². The Labute approximate surface area is 144 Å². The lowest BCUT2D eigenvalue weighted by Gasteiger charge is -2.29. The number of ether oxygens (including phenoxy) is 2. The number of benzene rings is 2. The number of fused-ring (bicyclic) bond motifs is 1. The number of anilines is 1. The molecular formula is C21H25NO2. The molecule has 0 saturated carbocycles. The van der Waals surface area contributed by atoms with Gasteiger partial charge in [0.2, 0.25) is 0 Å². The Morgan fingerprint density at radius 3 is 2.46 bits per heavy atom. The van der Waals surface area contributed by atoms with E-state index in [-0.39, 0.29) is 5.41 Å². The second-order valence-electron chi connectivity index (χ2n) is 6.76. The Bertz CT molecular complexity index is 764. The summed E-state index contributed by atoms with van der Waals surface area (Å²) in [7, 11) is 5.51. The van der Waals surface area contributed by atoms with Crippen LogP contribution in [0.3, 0.4) is 0 Å². The molecule has 2 aromatic carbocycles. The highest BCUT2D eigenvalue weighted by atomic mass is 16.5. The molecule has 0 bridgehead atoms. The quantitative estimate of drug-likeness (QED) is 0.826. The van der Waals surface area contributed by atoms with Crippen molar-refractivity contribution >= 4 is 11.8 Å². The van der Waals surface area contributed by atoms with Crippen molar-refractivity contribution in [1.82, 2.24) is 0 Å². The summed E-state index contributed by atoms with van der Waals surface area (Å²) in [4.78, 5) is 2.35. The third-order valence-electron chi connectivity index (χ3n) is 5.03. The van der Waals surface area contributed by atoms with Crippen LogP contribution >= 0.6 is 0 Å². The third kappa shape index (κ3) is 2.64. The van der Waals surface area contributed by atoms with Gasteiger partial charge < -0.3 is 14.4 Å². The van der Waals surface area contributed by atoms with Crippen molar-refractivity contribution in [3.05, 3.63) is 59.7 Å². The molecule has 0 spiro atoms. The van der Waals surface area contributed by atoms with Crippen molar-refractivity contribution in [2.45, 2.75) is 25.3 Å². The third-order valence-corrected chi connectivity index (χ3v) is 5.03.